The summed E-state index contributed by atoms with van der Waals surface area (Å²) in [5.41, 5.74) is 0. The van der Waals surface area contributed by atoms with Gasteiger partial charge in [0.2, 0.25) is 0 Å². The minimum absolute atomic E-state index is 0.497. The van der Waals surface area contributed by atoms with Crippen LogP contribution in [0.1, 0.15) is 30.6 Å². The molecule has 4 rings (SSSR count). The third-order valence-electron chi connectivity index (χ3n) is 5.38. The highest BCUT2D eigenvalue weighted by Crippen LogP contribution is 2.33. The molecule has 0 bridgehead atoms. The van der Waals surface area contributed by atoms with Crippen LogP contribution >= 0.6 is 11.3 Å². The maximum absolute atomic E-state index is 6.22. The quantitative estimate of drug-likeness (QED) is 0.854. The van der Waals surface area contributed by atoms with Crippen LogP contribution in [-0.4, -0.2) is 54.7 Å². The molecule has 3 nitrogen and oxygen atoms in total. The van der Waals surface area contributed by atoms with E-state index in [1.54, 1.807) is 0 Å². The Bertz CT molecular complexity index is 444. The van der Waals surface area contributed by atoms with E-state index in [4.69, 9.17) is 4.74 Å². The van der Waals surface area contributed by atoms with E-state index >= 15 is 0 Å². The Morgan fingerprint density at radius 3 is 2.90 bits per heavy atom. The van der Waals surface area contributed by atoms with E-state index in [0.29, 0.717) is 12.1 Å². The Labute approximate surface area is 131 Å². The van der Waals surface area contributed by atoms with Crippen LogP contribution in [0.5, 0.6) is 0 Å². The van der Waals surface area contributed by atoms with Gasteiger partial charge in [-0.1, -0.05) is 6.07 Å². The molecule has 1 aromatic heterocycles. The molecule has 3 fully saturated rings. The molecule has 3 saturated heterocycles. The van der Waals surface area contributed by atoms with Gasteiger partial charge in [-0.25, -0.2) is 0 Å². The molecule has 116 valence electrons. The normalized spacial score (nSPS) is 35.0. The number of fused-ring (bicyclic) bond motifs is 1. The molecule has 0 amide bonds. The van der Waals surface area contributed by atoms with Crippen LogP contribution in [0, 0.1) is 5.92 Å². The summed E-state index contributed by atoms with van der Waals surface area (Å²) < 4.78 is 6.22. The third kappa shape index (κ3) is 3.04. The average Bonchev–Trinajstić information content (AvgIpc) is 3.20. The van der Waals surface area contributed by atoms with E-state index in [9.17, 15) is 0 Å². The van der Waals surface area contributed by atoms with Crippen molar-refractivity contribution in [2.24, 2.45) is 5.92 Å². The van der Waals surface area contributed by atoms with Crippen molar-refractivity contribution < 1.29 is 4.74 Å². The van der Waals surface area contributed by atoms with Gasteiger partial charge in [0.25, 0.3) is 0 Å². The van der Waals surface area contributed by atoms with Crippen LogP contribution in [0.25, 0.3) is 0 Å². The number of nitrogens with zero attached hydrogens (tertiary/aromatic N) is 2. The monoisotopic (exact) mass is 306 g/mol. The fraction of sp³-hybridized carbons (Fsp3) is 0.765. The number of hydrogen-bond donors (Lipinski definition) is 0. The van der Waals surface area contributed by atoms with E-state index in [-0.39, 0.29) is 0 Å². The van der Waals surface area contributed by atoms with Gasteiger partial charge in [0.15, 0.2) is 0 Å². The number of rotatable bonds is 3. The van der Waals surface area contributed by atoms with Crippen molar-refractivity contribution in [3.63, 3.8) is 0 Å². The van der Waals surface area contributed by atoms with Gasteiger partial charge in [0.1, 0.15) is 0 Å². The highest BCUT2D eigenvalue weighted by atomic mass is 32.1. The summed E-state index contributed by atoms with van der Waals surface area (Å²) in [5, 5.41) is 2.20. The Kier molecular flexibility index (Phi) is 4.30. The van der Waals surface area contributed by atoms with Crippen molar-refractivity contribution in [3.05, 3.63) is 22.4 Å². The van der Waals surface area contributed by atoms with Crippen LogP contribution < -0.4 is 0 Å². The van der Waals surface area contributed by atoms with Crippen molar-refractivity contribution in [3.8, 4) is 0 Å². The van der Waals surface area contributed by atoms with Gasteiger partial charge < -0.3 is 4.74 Å². The van der Waals surface area contributed by atoms with Gasteiger partial charge in [0, 0.05) is 37.2 Å². The summed E-state index contributed by atoms with van der Waals surface area (Å²) in [7, 11) is 0. The van der Waals surface area contributed by atoms with E-state index in [0.717, 1.165) is 19.1 Å². The molecular weight excluding hydrogens is 280 g/mol. The topological polar surface area (TPSA) is 15.7 Å². The molecule has 0 aliphatic carbocycles. The van der Waals surface area contributed by atoms with Crippen molar-refractivity contribution in [1.29, 1.82) is 0 Å². The van der Waals surface area contributed by atoms with Crippen molar-refractivity contribution in [1.82, 2.24) is 9.80 Å². The maximum Gasteiger partial charge on any atom is 0.0782 e. The van der Waals surface area contributed by atoms with Crippen LogP contribution in [0.2, 0.25) is 0 Å². The molecule has 1 aromatic rings. The number of hydrogen-bond acceptors (Lipinski definition) is 4. The molecule has 3 atom stereocenters. The zero-order valence-electron chi connectivity index (χ0n) is 12.7. The summed E-state index contributed by atoms with van der Waals surface area (Å²) in [5.74, 6) is 0.748. The lowest BCUT2D eigenvalue weighted by molar-refractivity contribution is -0.112. The first-order valence-corrected chi connectivity index (χ1v) is 9.38. The molecule has 4 heterocycles. The number of likely N-dealkylation sites (tertiary alicyclic amines) is 2. The minimum Gasteiger partial charge on any atom is -0.376 e. The van der Waals surface area contributed by atoms with Crippen LogP contribution in [0.4, 0.5) is 0 Å². The van der Waals surface area contributed by atoms with Crippen LogP contribution in [0.3, 0.4) is 0 Å². The first-order chi connectivity index (χ1) is 10.4. The smallest absolute Gasteiger partial charge is 0.0782 e. The molecule has 0 saturated carbocycles. The minimum atomic E-state index is 0.497. The van der Waals surface area contributed by atoms with Gasteiger partial charge in [-0.15, -0.1) is 11.3 Å². The molecule has 0 N–H and O–H groups in total. The summed E-state index contributed by atoms with van der Waals surface area (Å²) in [6.07, 6.45) is 5.85. The van der Waals surface area contributed by atoms with Gasteiger partial charge in [-0.05, 0) is 56.1 Å². The van der Waals surface area contributed by atoms with Crippen molar-refractivity contribution in [2.45, 2.75) is 44.4 Å². The van der Waals surface area contributed by atoms with E-state index in [1.165, 1.54) is 56.7 Å². The van der Waals surface area contributed by atoms with Gasteiger partial charge in [0.05, 0.1) is 6.10 Å². The van der Waals surface area contributed by atoms with Gasteiger partial charge >= 0.3 is 0 Å². The van der Waals surface area contributed by atoms with Crippen molar-refractivity contribution in [2.75, 3.05) is 32.8 Å². The second kappa shape index (κ2) is 6.37. The largest absolute Gasteiger partial charge is 0.376 e. The van der Waals surface area contributed by atoms with Crippen LogP contribution in [0.15, 0.2) is 17.5 Å². The molecule has 3 aliphatic heterocycles. The maximum atomic E-state index is 6.22. The fourth-order valence-corrected chi connectivity index (χ4v) is 5.16. The van der Waals surface area contributed by atoms with Crippen LogP contribution in [-0.2, 0) is 11.3 Å². The molecule has 4 heteroatoms. The Morgan fingerprint density at radius 1 is 1.19 bits per heavy atom. The van der Waals surface area contributed by atoms with E-state index in [1.807, 2.05) is 11.3 Å². The second-order valence-electron chi connectivity index (χ2n) is 6.82. The highest BCUT2D eigenvalue weighted by molar-refractivity contribution is 7.09. The van der Waals surface area contributed by atoms with E-state index < -0.39 is 0 Å². The SMILES string of the molecule is c1csc(CN2C[C@H]3CCCO[C@H]3[C@@H](N3CCCC3)C2)c1. The second-order valence-corrected chi connectivity index (χ2v) is 7.85. The molecule has 0 aromatic carbocycles. The predicted molar refractivity (Wildman–Crippen MR) is 86.7 cm³/mol. The lowest BCUT2D eigenvalue weighted by Crippen LogP contribution is -2.60. The number of thiophene rings is 1. The lowest BCUT2D eigenvalue weighted by atomic mass is 9.84. The average molecular weight is 306 g/mol. The predicted octanol–water partition coefficient (Wildman–Crippen LogP) is 2.82. The molecule has 0 unspecified atom stereocenters. The van der Waals surface area contributed by atoms with Crippen molar-refractivity contribution >= 4 is 11.3 Å². The highest BCUT2D eigenvalue weighted by Gasteiger charge is 2.42. The zero-order chi connectivity index (χ0) is 14.1. The van der Waals surface area contributed by atoms with E-state index in [2.05, 4.69) is 27.3 Å². The summed E-state index contributed by atoms with van der Waals surface area (Å²) in [6, 6.07) is 5.08. The Hall–Kier alpha value is -0.420. The Balaban J connectivity index is 1.49. The summed E-state index contributed by atoms with van der Waals surface area (Å²) in [4.78, 5) is 6.90. The molecule has 0 spiro atoms. The molecule has 21 heavy (non-hydrogen) atoms. The summed E-state index contributed by atoms with van der Waals surface area (Å²) in [6.45, 7) is 7.10. The summed E-state index contributed by atoms with van der Waals surface area (Å²) >= 11 is 1.89. The lowest BCUT2D eigenvalue weighted by Gasteiger charge is -2.48. The van der Waals surface area contributed by atoms with Gasteiger partial charge in [-0.2, -0.15) is 0 Å². The zero-order valence-corrected chi connectivity index (χ0v) is 13.6. The fourth-order valence-electron chi connectivity index (χ4n) is 4.41. The number of ether oxygens (including phenoxy) is 1. The molecular formula is C17H26N2OS. The first kappa shape index (κ1) is 14.2. The first-order valence-electron chi connectivity index (χ1n) is 8.50. The standard InChI is InChI=1S/C17H26N2OS/c1-2-8-19(7-1)16-13-18(12-15-6-4-10-21-15)11-14-5-3-9-20-17(14)16/h4,6,10,14,16-17H,1-3,5,7-9,11-13H2/t14-,16+,17-/m1/s1. The Morgan fingerprint density at radius 2 is 2.10 bits per heavy atom. The molecule has 0 radical (unpaired) electrons. The third-order valence-corrected chi connectivity index (χ3v) is 6.24. The van der Waals surface area contributed by atoms with Gasteiger partial charge in [-0.3, -0.25) is 9.80 Å². The molecule has 3 aliphatic rings. The number of piperidine rings is 1.